The number of nitrogens with zero attached hydrogens (tertiary/aromatic N) is 2. The SMILES string of the molecule is CCNc1nc(C)cc(Nc2ccc(F)c(OC)c2)n1. The lowest BCUT2D eigenvalue weighted by atomic mass is 10.3. The van der Waals surface area contributed by atoms with Gasteiger partial charge in [-0.25, -0.2) is 9.37 Å². The Labute approximate surface area is 117 Å². The lowest BCUT2D eigenvalue weighted by Crippen LogP contribution is -2.05. The van der Waals surface area contributed by atoms with Crippen LogP contribution in [0.15, 0.2) is 24.3 Å². The predicted molar refractivity (Wildman–Crippen MR) is 77.2 cm³/mol. The van der Waals surface area contributed by atoms with Gasteiger partial charge in [0.2, 0.25) is 5.95 Å². The highest BCUT2D eigenvalue weighted by Crippen LogP contribution is 2.24. The fourth-order valence-corrected chi connectivity index (χ4v) is 1.76. The van der Waals surface area contributed by atoms with Gasteiger partial charge in [-0.05, 0) is 26.0 Å². The van der Waals surface area contributed by atoms with Crippen LogP contribution in [0.2, 0.25) is 0 Å². The van der Waals surface area contributed by atoms with Crippen LogP contribution in [0.25, 0.3) is 0 Å². The standard InChI is InChI=1S/C14H17FN4O/c1-4-16-14-17-9(2)7-13(19-14)18-10-5-6-11(15)12(8-10)20-3/h5-8H,4H2,1-3H3,(H2,16,17,18,19). The Hall–Kier alpha value is -2.37. The van der Waals surface area contributed by atoms with E-state index in [2.05, 4.69) is 20.6 Å². The number of benzene rings is 1. The van der Waals surface area contributed by atoms with Crippen molar-refractivity contribution in [1.82, 2.24) is 9.97 Å². The van der Waals surface area contributed by atoms with Gasteiger partial charge in [-0.2, -0.15) is 4.98 Å². The van der Waals surface area contributed by atoms with Gasteiger partial charge in [0.05, 0.1) is 7.11 Å². The molecular weight excluding hydrogens is 259 g/mol. The summed E-state index contributed by atoms with van der Waals surface area (Å²) in [6.45, 7) is 4.61. The van der Waals surface area contributed by atoms with Crippen molar-refractivity contribution in [3.63, 3.8) is 0 Å². The van der Waals surface area contributed by atoms with Crippen LogP contribution in [0, 0.1) is 12.7 Å². The van der Waals surface area contributed by atoms with Gasteiger partial charge in [-0.15, -0.1) is 0 Å². The number of ether oxygens (including phenoxy) is 1. The zero-order valence-electron chi connectivity index (χ0n) is 11.7. The van der Waals surface area contributed by atoms with E-state index >= 15 is 0 Å². The summed E-state index contributed by atoms with van der Waals surface area (Å²) in [6, 6.07) is 6.37. The van der Waals surface area contributed by atoms with E-state index in [0.717, 1.165) is 12.2 Å². The Bertz CT molecular complexity index is 604. The largest absolute Gasteiger partial charge is 0.494 e. The first-order valence-electron chi connectivity index (χ1n) is 6.32. The summed E-state index contributed by atoms with van der Waals surface area (Å²) in [4.78, 5) is 8.59. The number of rotatable bonds is 5. The van der Waals surface area contributed by atoms with Crippen molar-refractivity contribution in [2.75, 3.05) is 24.3 Å². The average molecular weight is 276 g/mol. The summed E-state index contributed by atoms with van der Waals surface area (Å²) < 4.78 is 18.3. The van der Waals surface area contributed by atoms with Crippen molar-refractivity contribution >= 4 is 17.5 Å². The van der Waals surface area contributed by atoms with Crippen molar-refractivity contribution in [3.05, 3.63) is 35.8 Å². The van der Waals surface area contributed by atoms with E-state index in [1.807, 2.05) is 19.9 Å². The molecule has 1 aromatic carbocycles. The summed E-state index contributed by atoms with van der Waals surface area (Å²) in [6.07, 6.45) is 0. The quantitative estimate of drug-likeness (QED) is 0.878. The second kappa shape index (κ2) is 6.18. The van der Waals surface area contributed by atoms with Gasteiger partial charge in [0.25, 0.3) is 0 Å². The van der Waals surface area contributed by atoms with Gasteiger partial charge in [0, 0.05) is 30.1 Å². The number of methoxy groups -OCH3 is 1. The Morgan fingerprint density at radius 3 is 2.75 bits per heavy atom. The summed E-state index contributed by atoms with van der Waals surface area (Å²) in [5.41, 5.74) is 1.54. The van der Waals surface area contributed by atoms with Crippen LogP contribution < -0.4 is 15.4 Å². The highest BCUT2D eigenvalue weighted by molar-refractivity contribution is 5.59. The Kier molecular flexibility index (Phi) is 4.34. The summed E-state index contributed by atoms with van der Waals surface area (Å²) >= 11 is 0. The van der Waals surface area contributed by atoms with Gasteiger partial charge in [-0.1, -0.05) is 0 Å². The van der Waals surface area contributed by atoms with Crippen LogP contribution in [0.1, 0.15) is 12.6 Å². The highest BCUT2D eigenvalue weighted by atomic mass is 19.1. The number of hydrogen-bond acceptors (Lipinski definition) is 5. The molecule has 5 nitrogen and oxygen atoms in total. The molecule has 1 aromatic heterocycles. The van der Waals surface area contributed by atoms with Gasteiger partial charge >= 0.3 is 0 Å². The highest BCUT2D eigenvalue weighted by Gasteiger charge is 2.06. The van der Waals surface area contributed by atoms with Gasteiger partial charge in [-0.3, -0.25) is 0 Å². The lowest BCUT2D eigenvalue weighted by Gasteiger charge is -2.10. The smallest absolute Gasteiger partial charge is 0.224 e. The van der Waals surface area contributed by atoms with Crippen LogP contribution in [0.3, 0.4) is 0 Å². The Morgan fingerprint density at radius 1 is 1.25 bits per heavy atom. The molecule has 0 atom stereocenters. The van der Waals surface area contributed by atoms with Crippen LogP contribution in [-0.2, 0) is 0 Å². The Morgan fingerprint density at radius 2 is 2.05 bits per heavy atom. The number of halogens is 1. The maximum Gasteiger partial charge on any atom is 0.224 e. The molecule has 106 valence electrons. The first kappa shape index (κ1) is 14.0. The first-order valence-corrected chi connectivity index (χ1v) is 6.32. The van der Waals surface area contributed by atoms with E-state index in [-0.39, 0.29) is 5.75 Å². The molecular formula is C14H17FN4O. The topological polar surface area (TPSA) is 59.1 Å². The van der Waals surface area contributed by atoms with Crippen molar-refractivity contribution in [1.29, 1.82) is 0 Å². The van der Waals surface area contributed by atoms with E-state index in [9.17, 15) is 4.39 Å². The van der Waals surface area contributed by atoms with Crippen molar-refractivity contribution in [2.45, 2.75) is 13.8 Å². The van der Waals surface area contributed by atoms with E-state index in [0.29, 0.717) is 17.5 Å². The zero-order valence-corrected chi connectivity index (χ0v) is 11.7. The minimum atomic E-state index is -0.398. The van der Waals surface area contributed by atoms with E-state index in [1.54, 1.807) is 12.1 Å². The minimum Gasteiger partial charge on any atom is -0.494 e. The van der Waals surface area contributed by atoms with Crippen molar-refractivity contribution in [3.8, 4) is 5.75 Å². The first-order chi connectivity index (χ1) is 9.62. The second-order valence-corrected chi connectivity index (χ2v) is 4.22. The van der Waals surface area contributed by atoms with E-state index < -0.39 is 5.82 Å². The maximum absolute atomic E-state index is 13.3. The molecule has 2 aromatic rings. The van der Waals surface area contributed by atoms with Gasteiger partial charge in [0.15, 0.2) is 11.6 Å². The number of nitrogens with one attached hydrogen (secondary N) is 2. The molecule has 0 unspecified atom stereocenters. The van der Waals surface area contributed by atoms with Gasteiger partial charge in [0.1, 0.15) is 5.82 Å². The molecule has 0 aliphatic carbocycles. The molecule has 0 spiro atoms. The molecule has 6 heteroatoms. The number of aryl methyl sites for hydroxylation is 1. The van der Waals surface area contributed by atoms with Crippen molar-refractivity contribution in [2.24, 2.45) is 0 Å². The monoisotopic (exact) mass is 276 g/mol. The average Bonchev–Trinajstić information content (AvgIpc) is 2.40. The second-order valence-electron chi connectivity index (χ2n) is 4.22. The summed E-state index contributed by atoms with van der Waals surface area (Å²) in [5.74, 6) is 0.990. The Balaban J connectivity index is 2.25. The fourth-order valence-electron chi connectivity index (χ4n) is 1.76. The molecule has 1 heterocycles. The molecule has 20 heavy (non-hydrogen) atoms. The minimum absolute atomic E-state index is 0.188. The molecule has 0 saturated carbocycles. The normalized spacial score (nSPS) is 10.2. The molecule has 0 fully saturated rings. The van der Waals surface area contributed by atoms with Gasteiger partial charge < -0.3 is 15.4 Å². The molecule has 0 amide bonds. The van der Waals surface area contributed by atoms with Crippen LogP contribution in [0.5, 0.6) is 5.75 Å². The maximum atomic E-state index is 13.3. The third-order valence-corrected chi connectivity index (χ3v) is 2.61. The molecule has 0 radical (unpaired) electrons. The van der Waals surface area contributed by atoms with E-state index in [1.165, 1.54) is 13.2 Å². The molecule has 0 saturated heterocycles. The molecule has 0 bridgehead atoms. The summed E-state index contributed by atoms with van der Waals surface area (Å²) in [7, 11) is 1.43. The predicted octanol–water partition coefficient (Wildman–Crippen LogP) is 3.11. The van der Waals surface area contributed by atoms with Crippen LogP contribution in [-0.4, -0.2) is 23.6 Å². The molecule has 0 aliphatic heterocycles. The number of aromatic nitrogens is 2. The number of anilines is 3. The van der Waals surface area contributed by atoms with Crippen LogP contribution >= 0.6 is 0 Å². The van der Waals surface area contributed by atoms with E-state index in [4.69, 9.17) is 4.74 Å². The molecule has 2 rings (SSSR count). The third-order valence-electron chi connectivity index (χ3n) is 2.61. The third kappa shape index (κ3) is 3.34. The molecule has 0 aliphatic rings. The zero-order chi connectivity index (χ0) is 14.5. The fraction of sp³-hybridized carbons (Fsp3) is 0.286. The lowest BCUT2D eigenvalue weighted by molar-refractivity contribution is 0.387. The van der Waals surface area contributed by atoms with Crippen LogP contribution in [0.4, 0.5) is 21.8 Å². The van der Waals surface area contributed by atoms with Crippen molar-refractivity contribution < 1.29 is 9.13 Å². The molecule has 2 N–H and O–H groups in total. The summed E-state index contributed by atoms with van der Waals surface area (Å²) in [5, 5.41) is 6.17. The number of hydrogen-bond donors (Lipinski definition) is 2.